The fraction of sp³-hybridized carbons (Fsp3) is 0.667. The van der Waals surface area contributed by atoms with Crippen LogP contribution in [0.25, 0.3) is 0 Å². The summed E-state index contributed by atoms with van der Waals surface area (Å²) in [7, 11) is 3.44. The molecule has 0 aromatic heterocycles. The maximum absolute atomic E-state index is 11.8. The van der Waals surface area contributed by atoms with Crippen LogP contribution in [0.15, 0.2) is 30.3 Å². The Kier molecular flexibility index (Phi) is 6.60. The van der Waals surface area contributed by atoms with Gasteiger partial charge in [0, 0.05) is 52.0 Å². The van der Waals surface area contributed by atoms with Crippen molar-refractivity contribution in [3.05, 3.63) is 30.3 Å². The molecule has 2 amide bonds. The van der Waals surface area contributed by atoms with Gasteiger partial charge in [0.05, 0.1) is 5.60 Å². The van der Waals surface area contributed by atoms with Crippen LogP contribution in [0, 0.1) is 0 Å². The number of likely N-dealkylation sites (tertiary alicyclic amines) is 1. The molecule has 2 N–H and O–H groups in total. The van der Waals surface area contributed by atoms with E-state index in [2.05, 4.69) is 45.4 Å². The monoisotopic (exact) mass is 374 g/mol. The van der Waals surface area contributed by atoms with Crippen LogP contribution in [0.4, 0.5) is 10.5 Å². The number of urea groups is 1. The largest absolute Gasteiger partial charge is 0.388 e. The van der Waals surface area contributed by atoms with Crippen molar-refractivity contribution in [1.82, 2.24) is 15.1 Å². The SMILES string of the molecule is CN(C)C(=O)NCC1(O)CCCN(C2CCN(c3ccccc3)CC2)CC1. The number of amides is 2. The van der Waals surface area contributed by atoms with E-state index in [-0.39, 0.29) is 6.03 Å². The Morgan fingerprint density at radius 2 is 1.85 bits per heavy atom. The first-order valence-electron chi connectivity index (χ1n) is 10.2. The Morgan fingerprint density at radius 1 is 1.15 bits per heavy atom. The van der Waals surface area contributed by atoms with E-state index in [0.717, 1.165) is 45.4 Å². The van der Waals surface area contributed by atoms with Crippen molar-refractivity contribution in [3.8, 4) is 0 Å². The average Bonchev–Trinajstić information content (AvgIpc) is 2.89. The number of nitrogens with zero attached hydrogens (tertiary/aromatic N) is 3. The van der Waals surface area contributed by atoms with Gasteiger partial charge in [0.25, 0.3) is 0 Å². The standard InChI is InChI=1S/C21H34N4O2/c1-23(2)20(26)22-17-21(27)11-6-13-24(16-12-21)19-9-14-25(15-10-19)18-7-4-3-5-8-18/h3-5,7-8,19,27H,6,9-17H2,1-2H3,(H,22,26). The van der Waals surface area contributed by atoms with E-state index in [1.165, 1.54) is 23.4 Å². The van der Waals surface area contributed by atoms with Gasteiger partial charge in [0.2, 0.25) is 0 Å². The molecule has 2 aliphatic heterocycles. The van der Waals surface area contributed by atoms with Crippen LogP contribution in [-0.2, 0) is 0 Å². The minimum absolute atomic E-state index is 0.141. The van der Waals surface area contributed by atoms with Crippen molar-refractivity contribution in [2.75, 3.05) is 51.7 Å². The summed E-state index contributed by atoms with van der Waals surface area (Å²) in [6.07, 6.45) is 4.79. The van der Waals surface area contributed by atoms with Crippen LogP contribution in [0.3, 0.4) is 0 Å². The lowest BCUT2D eigenvalue weighted by Gasteiger charge is -2.39. The third-order valence-electron chi connectivity index (χ3n) is 6.03. The van der Waals surface area contributed by atoms with Crippen molar-refractivity contribution >= 4 is 11.7 Å². The molecule has 0 bridgehead atoms. The van der Waals surface area contributed by atoms with Gasteiger partial charge in [-0.1, -0.05) is 18.2 Å². The maximum Gasteiger partial charge on any atom is 0.316 e. The Labute approximate surface area is 163 Å². The second-order valence-corrected chi connectivity index (χ2v) is 8.22. The topological polar surface area (TPSA) is 59.1 Å². The highest BCUT2D eigenvalue weighted by molar-refractivity contribution is 5.73. The van der Waals surface area contributed by atoms with E-state index in [9.17, 15) is 9.90 Å². The molecule has 2 fully saturated rings. The number of rotatable bonds is 4. The second-order valence-electron chi connectivity index (χ2n) is 8.22. The van der Waals surface area contributed by atoms with Gasteiger partial charge in [-0.3, -0.25) is 0 Å². The van der Waals surface area contributed by atoms with Crippen LogP contribution < -0.4 is 10.2 Å². The first-order chi connectivity index (χ1) is 13.0. The normalized spacial score (nSPS) is 25.1. The fourth-order valence-electron chi connectivity index (χ4n) is 4.27. The second kappa shape index (κ2) is 8.93. The van der Waals surface area contributed by atoms with Crippen molar-refractivity contribution in [3.63, 3.8) is 0 Å². The number of aliphatic hydroxyl groups is 1. The zero-order chi connectivity index (χ0) is 19.3. The molecule has 1 atom stereocenters. The molecule has 150 valence electrons. The van der Waals surface area contributed by atoms with E-state index in [4.69, 9.17) is 0 Å². The summed E-state index contributed by atoms with van der Waals surface area (Å²) >= 11 is 0. The molecule has 6 nitrogen and oxygen atoms in total. The summed E-state index contributed by atoms with van der Waals surface area (Å²) in [5, 5.41) is 13.8. The number of hydrogen-bond acceptors (Lipinski definition) is 4. The van der Waals surface area contributed by atoms with Gasteiger partial charge in [-0.15, -0.1) is 0 Å². The van der Waals surface area contributed by atoms with E-state index in [0.29, 0.717) is 12.6 Å². The molecule has 0 saturated carbocycles. The highest BCUT2D eigenvalue weighted by Crippen LogP contribution is 2.27. The molecule has 2 aliphatic rings. The molecule has 6 heteroatoms. The number of nitrogens with one attached hydrogen (secondary N) is 1. The highest BCUT2D eigenvalue weighted by Gasteiger charge is 2.33. The third kappa shape index (κ3) is 5.36. The van der Waals surface area contributed by atoms with Crippen molar-refractivity contribution < 1.29 is 9.90 Å². The molecule has 1 aromatic rings. The lowest BCUT2D eigenvalue weighted by atomic mass is 9.95. The molecule has 3 rings (SSSR count). The Hall–Kier alpha value is -1.79. The Morgan fingerprint density at radius 3 is 2.52 bits per heavy atom. The van der Waals surface area contributed by atoms with Gasteiger partial charge in [-0.2, -0.15) is 0 Å². The molecule has 1 aromatic carbocycles. The predicted molar refractivity (Wildman–Crippen MR) is 109 cm³/mol. The van der Waals surface area contributed by atoms with Crippen molar-refractivity contribution in [1.29, 1.82) is 0 Å². The van der Waals surface area contributed by atoms with Gasteiger partial charge in [-0.05, 0) is 50.8 Å². The van der Waals surface area contributed by atoms with Gasteiger partial charge in [-0.25, -0.2) is 4.79 Å². The van der Waals surface area contributed by atoms with Crippen molar-refractivity contribution in [2.24, 2.45) is 0 Å². The molecule has 1 unspecified atom stereocenters. The number of piperidine rings is 1. The van der Waals surface area contributed by atoms with Crippen molar-refractivity contribution in [2.45, 2.75) is 43.7 Å². The quantitative estimate of drug-likeness (QED) is 0.848. The first kappa shape index (κ1) is 20.0. The molecule has 0 spiro atoms. The summed E-state index contributed by atoms with van der Waals surface area (Å²) in [5.41, 5.74) is 0.531. The van der Waals surface area contributed by atoms with Crippen LogP contribution in [-0.4, -0.2) is 79.4 Å². The van der Waals surface area contributed by atoms with Crippen LogP contribution >= 0.6 is 0 Å². The lowest BCUT2D eigenvalue weighted by Crippen LogP contribution is -2.48. The van der Waals surface area contributed by atoms with E-state index < -0.39 is 5.60 Å². The van der Waals surface area contributed by atoms with Crippen LogP contribution in [0.2, 0.25) is 0 Å². The number of carbonyl (C=O) groups excluding carboxylic acids is 1. The summed E-state index contributed by atoms with van der Waals surface area (Å²) in [6, 6.07) is 11.1. The maximum atomic E-state index is 11.8. The summed E-state index contributed by atoms with van der Waals surface area (Å²) < 4.78 is 0. The average molecular weight is 375 g/mol. The molecule has 27 heavy (non-hydrogen) atoms. The fourth-order valence-corrected chi connectivity index (χ4v) is 4.27. The van der Waals surface area contributed by atoms with Crippen LogP contribution in [0.5, 0.6) is 0 Å². The molecular weight excluding hydrogens is 340 g/mol. The van der Waals surface area contributed by atoms with E-state index in [1.807, 2.05) is 0 Å². The number of carbonyl (C=O) groups is 1. The lowest BCUT2D eigenvalue weighted by molar-refractivity contribution is 0.0255. The van der Waals surface area contributed by atoms with Crippen LogP contribution in [0.1, 0.15) is 32.1 Å². The summed E-state index contributed by atoms with van der Waals surface area (Å²) in [4.78, 5) is 18.3. The number of benzene rings is 1. The molecule has 0 radical (unpaired) electrons. The molecule has 0 aliphatic carbocycles. The van der Waals surface area contributed by atoms with Gasteiger partial charge >= 0.3 is 6.03 Å². The Bertz CT molecular complexity index is 601. The van der Waals surface area contributed by atoms with Gasteiger partial charge in [0.15, 0.2) is 0 Å². The van der Waals surface area contributed by atoms with Gasteiger partial charge < -0.3 is 25.1 Å². The third-order valence-corrected chi connectivity index (χ3v) is 6.03. The molecular formula is C21H34N4O2. The minimum atomic E-state index is -0.787. The molecule has 2 heterocycles. The number of anilines is 1. The van der Waals surface area contributed by atoms with E-state index >= 15 is 0 Å². The first-order valence-corrected chi connectivity index (χ1v) is 10.2. The Balaban J connectivity index is 1.48. The minimum Gasteiger partial charge on any atom is -0.388 e. The van der Waals surface area contributed by atoms with E-state index in [1.54, 1.807) is 14.1 Å². The smallest absolute Gasteiger partial charge is 0.316 e. The zero-order valence-electron chi connectivity index (χ0n) is 16.7. The highest BCUT2D eigenvalue weighted by atomic mass is 16.3. The number of para-hydroxylation sites is 1. The summed E-state index contributed by atoms with van der Waals surface area (Å²) in [6.45, 7) is 4.47. The van der Waals surface area contributed by atoms with Gasteiger partial charge in [0.1, 0.15) is 0 Å². The molecule has 2 saturated heterocycles. The summed E-state index contributed by atoms with van der Waals surface area (Å²) in [5.74, 6) is 0. The zero-order valence-corrected chi connectivity index (χ0v) is 16.7. The predicted octanol–water partition coefficient (Wildman–Crippen LogP) is 2.14. The number of hydrogen-bond donors (Lipinski definition) is 2.